The zero-order valence-corrected chi connectivity index (χ0v) is 5.92. The van der Waals surface area contributed by atoms with Crippen molar-refractivity contribution in [2.75, 3.05) is 7.11 Å². The quantitative estimate of drug-likeness (QED) is 0.599. The van der Waals surface area contributed by atoms with Gasteiger partial charge in [0.15, 0.2) is 11.5 Å². The molecule has 2 heteroatoms. The van der Waals surface area contributed by atoms with Crippen molar-refractivity contribution in [1.29, 1.82) is 0 Å². The van der Waals surface area contributed by atoms with Crippen LogP contribution in [0.5, 0.6) is 0 Å². The lowest BCUT2D eigenvalue weighted by Gasteiger charge is -2.10. The van der Waals surface area contributed by atoms with Crippen molar-refractivity contribution >= 4 is 0 Å². The van der Waals surface area contributed by atoms with Gasteiger partial charge in [-0.15, -0.1) is 0 Å². The molecule has 0 saturated carbocycles. The first-order chi connectivity index (χ1) is 4.74. The highest BCUT2D eigenvalue weighted by molar-refractivity contribution is 5.34. The molecule has 0 fully saturated rings. The molecule has 0 unspecified atom stereocenters. The lowest BCUT2D eigenvalue weighted by atomic mass is 10.1. The number of aliphatic hydroxyl groups excluding tert-OH is 1. The van der Waals surface area contributed by atoms with Gasteiger partial charge in [0.1, 0.15) is 0 Å². The molecule has 0 radical (unpaired) electrons. The third-order valence-corrected chi connectivity index (χ3v) is 1.37. The minimum Gasteiger partial charge on any atom is -0.504 e. The summed E-state index contributed by atoms with van der Waals surface area (Å²) in [6.07, 6.45) is 4.12. The van der Waals surface area contributed by atoms with Gasteiger partial charge in [0.25, 0.3) is 0 Å². The van der Waals surface area contributed by atoms with Crippen LogP contribution in [0.15, 0.2) is 35.8 Å². The fourth-order valence-electron chi connectivity index (χ4n) is 0.810. The molecule has 0 aromatic rings. The summed E-state index contributed by atoms with van der Waals surface area (Å²) in [6.45, 7) is 3.73. The van der Waals surface area contributed by atoms with E-state index < -0.39 is 0 Å². The third kappa shape index (κ3) is 1.21. The van der Waals surface area contributed by atoms with Crippen LogP contribution in [0.4, 0.5) is 0 Å². The van der Waals surface area contributed by atoms with Crippen molar-refractivity contribution in [3.63, 3.8) is 0 Å². The van der Waals surface area contributed by atoms with Gasteiger partial charge in [-0.3, -0.25) is 0 Å². The Bertz CT molecular complexity index is 211. The standard InChI is InChI=1S/C8H10O2/c1-6-3-4-7(9)8(5-6)10-2/h4-5,9H,1,3H2,2H3. The Balaban J connectivity index is 2.84. The molecule has 54 valence electrons. The summed E-state index contributed by atoms with van der Waals surface area (Å²) in [5.41, 5.74) is 0.953. The van der Waals surface area contributed by atoms with E-state index in [1.165, 1.54) is 7.11 Å². The van der Waals surface area contributed by atoms with E-state index in [2.05, 4.69) is 6.58 Å². The molecule has 0 bridgehead atoms. The molecule has 0 aromatic heterocycles. The number of ether oxygens (including phenoxy) is 1. The zero-order chi connectivity index (χ0) is 7.56. The average Bonchev–Trinajstić information content (AvgIpc) is 1.94. The highest BCUT2D eigenvalue weighted by Gasteiger charge is 2.07. The number of rotatable bonds is 1. The normalized spacial score (nSPS) is 17.9. The van der Waals surface area contributed by atoms with Crippen molar-refractivity contribution in [1.82, 2.24) is 0 Å². The lowest BCUT2D eigenvalue weighted by molar-refractivity contribution is 0.253. The molecule has 0 spiro atoms. The van der Waals surface area contributed by atoms with Crippen molar-refractivity contribution in [3.8, 4) is 0 Å². The molecule has 1 rings (SSSR count). The lowest BCUT2D eigenvalue weighted by Crippen LogP contribution is -1.97. The molecular weight excluding hydrogens is 128 g/mol. The summed E-state index contributed by atoms with van der Waals surface area (Å²) in [6, 6.07) is 0. The van der Waals surface area contributed by atoms with Gasteiger partial charge in [-0.25, -0.2) is 0 Å². The fraction of sp³-hybridized carbons (Fsp3) is 0.250. The highest BCUT2D eigenvalue weighted by atomic mass is 16.5. The molecule has 0 aromatic carbocycles. The molecule has 0 atom stereocenters. The topological polar surface area (TPSA) is 29.5 Å². The predicted octanol–water partition coefficient (Wildman–Crippen LogP) is 1.92. The first-order valence-corrected chi connectivity index (χ1v) is 3.07. The zero-order valence-electron chi connectivity index (χ0n) is 5.92. The van der Waals surface area contributed by atoms with E-state index in [0.717, 1.165) is 5.57 Å². The second kappa shape index (κ2) is 2.60. The molecule has 10 heavy (non-hydrogen) atoms. The monoisotopic (exact) mass is 138 g/mol. The van der Waals surface area contributed by atoms with Crippen LogP contribution in [0.25, 0.3) is 0 Å². The minimum atomic E-state index is 0.204. The first-order valence-electron chi connectivity index (χ1n) is 3.07. The molecule has 1 aliphatic rings. The fourth-order valence-corrected chi connectivity index (χ4v) is 0.810. The van der Waals surface area contributed by atoms with Gasteiger partial charge >= 0.3 is 0 Å². The summed E-state index contributed by atoms with van der Waals surface area (Å²) in [5.74, 6) is 0.700. The number of allylic oxidation sites excluding steroid dienone is 3. The molecule has 0 heterocycles. The van der Waals surface area contributed by atoms with Gasteiger partial charge in [-0.1, -0.05) is 6.58 Å². The van der Waals surface area contributed by atoms with E-state index in [4.69, 9.17) is 9.84 Å². The van der Waals surface area contributed by atoms with Crippen molar-refractivity contribution < 1.29 is 9.84 Å². The first kappa shape index (κ1) is 6.93. The van der Waals surface area contributed by atoms with Gasteiger partial charge in [0.2, 0.25) is 0 Å². The number of aliphatic hydroxyl groups is 1. The number of hydrogen-bond donors (Lipinski definition) is 1. The molecule has 0 aliphatic heterocycles. The van der Waals surface area contributed by atoms with Gasteiger partial charge < -0.3 is 9.84 Å². The predicted molar refractivity (Wildman–Crippen MR) is 39.6 cm³/mol. The van der Waals surface area contributed by atoms with E-state index in [0.29, 0.717) is 12.2 Å². The number of hydrogen-bond acceptors (Lipinski definition) is 2. The Morgan fingerprint density at radius 1 is 1.70 bits per heavy atom. The Morgan fingerprint density at radius 2 is 2.40 bits per heavy atom. The van der Waals surface area contributed by atoms with Crippen molar-refractivity contribution in [3.05, 3.63) is 35.8 Å². The Morgan fingerprint density at radius 3 is 2.90 bits per heavy atom. The highest BCUT2D eigenvalue weighted by Crippen LogP contribution is 2.19. The molecule has 0 amide bonds. The molecule has 1 N–H and O–H groups in total. The molecule has 2 nitrogen and oxygen atoms in total. The minimum absolute atomic E-state index is 0.204. The smallest absolute Gasteiger partial charge is 0.160 e. The van der Waals surface area contributed by atoms with E-state index in [1.807, 2.05) is 0 Å². The number of methoxy groups -OCH3 is 1. The van der Waals surface area contributed by atoms with Gasteiger partial charge in [0.05, 0.1) is 7.11 Å². The van der Waals surface area contributed by atoms with Crippen LogP contribution in [0.2, 0.25) is 0 Å². The van der Waals surface area contributed by atoms with Gasteiger partial charge in [-0.2, -0.15) is 0 Å². The van der Waals surface area contributed by atoms with Crippen LogP contribution < -0.4 is 0 Å². The summed E-state index contributed by atoms with van der Waals surface area (Å²) in [4.78, 5) is 0. The summed E-state index contributed by atoms with van der Waals surface area (Å²) < 4.78 is 4.86. The van der Waals surface area contributed by atoms with Crippen LogP contribution in [-0.2, 0) is 4.74 Å². The van der Waals surface area contributed by atoms with Gasteiger partial charge in [-0.05, 0) is 24.1 Å². The van der Waals surface area contributed by atoms with E-state index >= 15 is 0 Å². The Kier molecular flexibility index (Phi) is 1.81. The van der Waals surface area contributed by atoms with Gasteiger partial charge in [0, 0.05) is 0 Å². The maximum absolute atomic E-state index is 9.11. The maximum atomic E-state index is 9.11. The summed E-state index contributed by atoms with van der Waals surface area (Å²) in [5, 5.41) is 9.11. The van der Waals surface area contributed by atoms with Crippen LogP contribution >= 0.6 is 0 Å². The van der Waals surface area contributed by atoms with Crippen molar-refractivity contribution in [2.45, 2.75) is 6.42 Å². The Hall–Kier alpha value is -1.18. The largest absolute Gasteiger partial charge is 0.504 e. The molecule has 0 saturated heterocycles. The van der Waals surface area contributed by atoms with Crippen LogP contribution in [0, 0.1) is 0 Å². The Labute approximate surface area is 60.1 Å². The van der Waals surface area contributed by atoms with E-state index in [-0.39, 0.29) is 5.76 Å². The SMILES string of the molecule is C=C1C=C(OC)C(O)=CC1. The molecule has 1 aliphatic carbocycles. The van der Waals surface area contributed by atoms with E-state index in [9.17, 15) is 0 Å². The second-order valence-electron chi connectivity index (χ2n) is 2.16. The molecular formula is C8H10O2. The third-order valence-electron chi connectivity index (χ3n) is 1.37. The van der Waals surface area contributed by atoms with E-state index in [1.54, 1.807) is 12.2 Å². The van der Waals surface area contributed by atoms with Crippen LogP contribution in [-0.4, -0.2) is 12.2 Å². The summed E-state index contributed by atoms with van der Waals surface area (Å²) in [7, 11) is 1.52. The van der Waals surface area contributed by atoms with Crippen LogP contribution in [0.3, 0.4) is 0 Å². The summed E-state index contributed by atoms with van der Waals surface area (Å²) >= 11 is 0. The second-order valence-corrected chi connectivity index (χ2v) is 2.16. The van der Waals surface area contributed by atoms with Crippen molar-refractivity contribution in [2.24, 2.45) is 0 Å². The van der Waals surface area contributed by atoms with Crippen LogP contribution in [0.1, 0.15) is 6.42 Å². The maximum Gasteiger partial charge on any atom is 0.160 e. The average molecular weight is 138 g/mol.